The average molecular weight is 226 g/mol. The molecule has 0 saturated carbocycles. The summed E-state index contributed by atoms with van der Waals surface area (Å²) >= 11 is 0. The van der Waals surface area contributed by atoms with Crippen molar-refractivity contribution in [3.63, 3.8) is 0 Å². The molecule has 13 heavy (non-hydrogen) atoms. The van der Waals surface area contributed by atoms with E-state index in [9.17, 15) is 16.8 Å². The van der Waals surface area contributed by atoms with E-state index in [1.807, 2.05) is 0 Å². The van der Waals surface area contributed by atoms with E-state index in [4.69, 9.17) is 5.11 Å². The van der Waals surface area contributed by atoms with Gasteiger partial charge in [-0.25, -0.2) is 16.8 Å². The quantitative estimate of drug-likeness (QED) is 0.677. The molecule has 0 rings (SSSR count). The average Bonchev–Trinajstić information content (AvgIpc) is 2.04. The molecule has 1 atom stereocenters. The predicted octanol–water partition coefficient (Wildman–Crippen LogP) is -0.579. The monoisotopic (exact) mass is 226 g/mol. The molecule has 0 aromatic heterocycles. The lowest BCUT2D eigenvalue weighted by molar-refractivity contribution is 0.272. The normalized spacial score (nSPS) is 14.8. The largest absolute Gasteiger partial charge is 0.376 e. The first-order valence-electron chi connectivity index (χ1n) is 3.15. The van der Waals surface area contributed by atoms with Crippen LogP contribution in [0.25, 0.3) is 0 Å². The molecule has 0 heterocycles. The van der Waals surface area contributed by atoms with Gasteiger partial charge in [-0.15, -0.1) is 0 Å². The van der Waals surface area contributed by atoms with Crippen molar-refractivity contribution in [2.45, 2.75) is 5.44 Å². The smallest absolute Gasteiger partial charge is 0.198 e. The molecular formula is C6H10O5S2. The van der Waals surface area contributed by atoms with Crippen LogP contribution in [0.2, 0.25) is 0 Å². The van der Waals surface area contributed by atoms with Gasteiger partial charge in [0.15, 0.2) is 25.1 Å². The first-order valence-corrected chi connectivity index (χ1v) is 6.47. The molecule has 0 amide bonds. The number of hydrogen-bond acceptors (Lipinski definition) is 5. The van der Waals surface area contributed by atoms with Gasteiger partial charge in [0.05, 0.1) is 5.75 Å². The molecule has 0 fully saturated rings. The van der Waals surface area contributed by atoms with Crippen molar-refractivity contribution < 1.29 is 21.9 Å². The van der Waals surface area contributed by atoms with Gasteiger partial charge in [-0.1, -0.05) is 13.2 Å². The number of aliphatic hydroxyl groups is 1. The maximum Gasteiger partial charge on any atom is 0.198 e. The van der Waals surface area contributed by atoms with Crippen molar-refractivity contribution in [1.29, 1.82) is 0 Å². The van der Waals surface area contributed by atoms with Crippen LogP contribution in [-0.2, 0) is 19.7 Å². The van der Waals surface area contributed by atoms with E-state index in [2.05, 4.69) is 13.2 Å². The number of rotatable bonds is 5. The number of sulfone groups is 2. The highest BCUT2D eigenvalue weighted by Gasteiger charge is 2.24. The molecule has 1 unspecified atom stereocenters. The zero-order valence-corrected chi connectivity index (χ0v) is 8.38. The van der Waals surface area contributed by atoms with E-state index in [0.717, 1.165) is 0 Å². The van der Waals surface area contributed by atoms with Crippen LogP contribution in [0.1, 0.15) is 0 Å². The van der Waals surface area contributed by atoms with Gasteiger partial charge in [-0.05, 0) is 0 Å². The molecule has 0 bridgehead atoms. The Kier molecular flexibility index (Phi) is 3.83. The highest BCUT2D eigenvalue weighted by molar-refractivity contribution is 7.98. The van der Waals surface area contributed by atoms with E-state index in [0.29, 0.717) is 10.8 Å². The molecule has 0 saturated heterocycles. The van der Waals surface area contributed by atoms with Crippen molar-refractivity contribution >= 4 is 19.7 Å². The Morgan fingerprint density at radius 3 is 1.92 bits per heavy atom. The van der Waals surface area contributed by atoms with E-state index >= 15 is 0 Å². The molecule has 0 aromatic rings. The molecule has 1 N–H and O–H groups in total. The fourth-order valence-corrected chi connectivity index (χ4v) is 2.56. The van der Waals surface area contributed by atoms with Gasteiger partial charge in [0, 0.05) is 10.8 Å². The molecule has 7 heteroatoms. The molecule has 0 aliphatic carbocycles. The maximum atomic E-state index is 10.8. The summed E-state index contributed by atoms with van der Waals surface area (Å²) in [4.78, 5) is 0. The van der Waals surface area contributed by atoms with Crippen LogP contribution >= 0.6 is 0 Å². The Bertz CT molecular complexity index is 389. The van der Waals surface area contributed by atoms with Gasteiger partial charge in [-0.2, -0.15) is 0 Å². The Balaban J connectivity index is 4.79. The van der Waals surface area contributed by atoms with Gasteiger partial charge in [-0.3, -0.25) is 0 Å². The van der Waals surface area contributed by atoms with Crippen LogP contribution in [-0.4, -0.2) is 33.1 Å². The molecule has 0 aliphatic heterocycles. The zero-order valence-electron chi connectivity index (χ0n) is 6.75. The zero-order chi connectivity index (χ0) is 10.7. The van der Waals surface area contributed by atoms with Crippen molar-refractivity contribution in [2.75, 3.05) is 5.75 Å². The molecule has 0 aromatic carbocycles. The summed E-state index contributed by atoms with van der Waals surface area (Å²) in [6.45, 7) is 5.91. The third kappa shape index (κ3) is 3.71. The minimum atomic E-state index is -3.95. The van der Waals surface area contributed by atoms with Crippen LogP contribution < -0.4 is 0 Å². The minimum absolute atomic E-state index is 0.510. The topological polar surface area (TPSA) is 88.5 Å². The van der Waals surface area contributed by atoms with Gasteiger partial charge in [0.2, 0.25) is 0 Å². The first-order chi connectivity index (χ1) is 5.75. The van der Waals surface area contributed by atoms with E-state index in [-0.39, 0.29) is 0 Å². The molecule has 0 aliphatic rings. The van der Waals surface area contributed by atoms with Crippen molar-refractivity contribution in [3.8, 4) is 0 Å². The lowest BCUT2D eigenvalue weighted by atomic mass is 10.9. The Morgan fingerprint density at radius 1 is 1.15 bits per heavy atom. The number of aliphatic hydroxyl groups excluding tert-OH is 1. The SMILES string of the molecule is C=CS(=O)(=O)CC(O)S(=O)(=O)C=C. The molecule has 5 nitrogen and oxygen atoms in total. The van der Waals surface area contributed by atoms with E-state index in [1.54, 1.807) is 0 Å². The second-order valence-corrected chi connectivity index (χ2v) is 6.25. The van der Waals surface area contributed by atoms with E-state index < -0.39 is 30.9 Å². The lowest BCUT2D eigenvalue weighted by Gasteiger charge is -2.06. The van der Waals surface area contributed by atoms with Gasteiger partial charge in [0.25, 0.3) is 0 Å². The Labute approximate surface area is 77.2 Å². The fraction of sp³-hybridized carbons (Fsp3) is 0.333. The van der Waals surface area contributed by atoms with Crippen LogP contribution in [0.4, 0.5) is 0 Å². The van der Waals surface area contributed by atoms with Crippen molar-refractivity contribution in [3.05, 3.63) is 24.0 Å². The van der Waals surface area contributed by atoms with Crippen LogP contribution in [0.5, 0.6) is 0 Å². The second-order valence-electron chi connectivity index (χ2n) is 2.21. The highest BCUT2D eigenvalue weighted by atomic mass is 32.2. The Morgan fingerprint density at radius 2 is 1.62 bits per heavy atom. The first kappa shape index (κ1) is 12.3. The molecule has 0 radical (unpaired) electrons. The van der Waals surface area contributed by atoms with Crippen LogP contribution in [0.3, 0.4) is 0 Å². The second kappa shape index (κ2) is 4.03. The predicted molar refractivity (Wildman–Crippen MR) is 49.1 cm³/mol. The van der Waals surface area contributed by atoms with Crippen LogP contribution in [0, 0.1) is 0 Å². The summed E-state index contributed by atoms with van der Waals surface area (Å²) in [6.07, 6.45) is 0. The molecule has 0 spiro atoms. The molecule has 76 valence electrons. The third-order valence-corrected chi connectivity index (χ3v) is 4.13. The van der Waals surface area contributed by atoms with Crippen molar-refractivity contribution in [2.24, 2.45) is 0 Å². The maximum absolute atomic E-state index is 10.8. The standard InChI is InChI=1S/C6H10O5S2/c1-3-12(8,9)5-6(7)13(10,11)4-2/h3-4,6-7H,1-2,5H2. The summed E-state index contributed by atoms with van der Waals surface area (Å²) in [7, 11) is -7.67. The summed E-state index contributed by atoms with van der Waals surface area (Å²) < 4.78 is 43.2. The summed E-state index contributed by atoms with van der Waals surface area (Å²) in [5.41, 5.74) is -1.98. The minimum Gasteiger partial charge on any atom is -0.376 e. The molecular weight excluding hydrogens is 216 g/mol. The summed E-state index contributed by atoms with van der Waals surface area (Å²) in [6, 6.07) is 0. The summed E-state index contributed by atoms with van der Waals surface area (Å²) in [5.74, 6) is -0.898. The highest BCUT2D eigenvalue weighted by Crippen LogP contribution is 2.04. The third-order valence-electron chi connectivity index (χ3n) is 1.24. The van der Waals surface area contributed by atoms with Gasteiger partial charge in [0.1, 0.15) is 0 Å². The lowest BCUT2D eigenvalue weighted by Crippen LogP contribution is -2.26. The number of hydrogen-bond donors (Lipinski definition) is 1. The fourth-order valence-electron chi connectivity index (χ4n) is 0.473. The van der Waals surface area contributed by atoms with E-state index in [1.165, 1.54) is 0 Å². The van der Waals surface area contributed by atoms with Crippen molar-refractivity contribution in [1.82, 2.24) is 0 Å². The Hall–Kier alpha value is -0.660. The van der Waals surface area contributed by atoms with Gasteiger partial charge < -0.3 is 5.11 Å². The summed E-state index contributed by atoms with van der Waals surface area (Å²) in [5, 5.41) is 10.1. The van der Waals surface area contributed by atoms with Crippen LogP contribution in [0.15, 0.2) is 24.0 Å². The van der Waals surface area contributed by atoms with Gasteiger partial charge >= 0.3 is 0 Å².